The van der Waals surface area contributed by atoms with Crippen molar-refractivity contribution in [3.05, 3.63) is 374 Å². The molecule has 468 valence electrons. The zero-order valence-electron chi connectivity index (χ0n) is 56.1. The first-order chi connectivity index (χ1) is 47.3. The molecule has 0 aromatic heterocycles. The molecule has 5 heteroatoms. The number of benzene rings is 13. The van der Waals surface area contributed by atoms with E-state index < -0.39 is 16.1 Å². The molecule has 0 saturated heterocycles. The topological polar surface area (TPSA) is 12.5 Å². The standard InChI is InChI=1S/C92H78BNOSi2/c1-91(2,3)72-51-57-85(82(61-72)68-34-18-9-19-35-68)94-86-60-71(67-48-52-78(53-49-67)96(74-38-20-10-21-39-74,75-40-22-11-23-41-75)79-46-28-36-69(58-79)65-30-14-7-15-31-65)50-55-83(86)93-84-56-54-81(64-88(84)95-89-63-73(92(4,5)6)62-87(94)90(89)93)97(76-42-24-12-25-43-76,77-44-26-13-27-45-77)80-47-29-37-70(59-80)66-32-16-8-17-33-66/h7-59,61-64,71H,60H2,1-6H3. The smallest absolute Gasteiger partial charge is 0.255 e. The van der Waals surface area contributed by atoms with Crippen LogP contribution >= 0.6 is 0 Å². The third-order valence-electron chi connectivity index (χ3n) is 20.9. The number of fused-ring (bicyclic) bond motifs is 3. The Morgan fingerprint density at radius 1 is 0.351 bits per heavy atom. The summed E-state index contributed by atoms with van der Waals surface area (Å²) in [6.45, 7) is 13.9. The van der Waals surface area contributed by atoms with Crippen LogP contribution in [-0.4, -0.2) is 22.9 Å². The van der Waals surface area contributed by atoms with E-state index in [1.165, 1.54) is 125 Å². The fraction of sp³-hybridized carbons (Fsp3) is 0.109. The van der Waals surface area contributed by atoms with Crippen molar-refractivity contribution in [3.63, 3.8) is 0 Å². The van der Waals surface area contributed by atoms with Gasteiger partial charge in [-0.25, -0.2) is 0 Å². The van der Waals surface area contributed by atoms with Gasteiger partial charge in [0.25, 0.3) is 6.71 Å². The van der Waals surface area contributed by atoms with Gasteiger partial charge in [0.15, 0.2) is 16.1 Å². The third-order valence-corrected chi connectivity index (χ3v) is 30.4. The van der Waals surface area contributed by atoms with Crippen molar-refractivity contribution in [2.45, 2.75) is 64.7 Å². The van der Waals surface area contributed by atoms with E-state index >= 15 is 0 Å². The summed E-state index contributed by atoms with van der Waals surface area (Å²) in [6.07, 6.45) is 5.82. The first-order valence-corrected chi connectivity index (χ1v) is 38.4. The summed E-state index contributed by atoms with van der Waals surface area (Å²) in [5.74, 6) is 1.90. The lowest BCUT2D eigenvalue weighted by Gasteiger charge is -2.45. The van der Waals surface area contributed by atoms with E-state index in [0.717, 1.165) is 17.9 Å². The molecule has 1 atom stereocenters. The van der Waals surface area contributed by atoms with Crippen molar-refractivity contribution >= 4 is 86.7 Å². The van der Waals surface area contributed by atoms with E-state index in [1.54, 1.807) is 0 Å². The van der Waals surface area contributed by atoms with Crippen LogP contribution in [0.15, 0.2) is 357 Å². The Labute approximate surface area is 575 Å². The van der Waals surface area contributed by atoms with Crippen LogP contribution in [0.2, 0.25) is 0 Å². The van der Waals surface area contributed by atoms with Crippen molar-refractivity contribution in [2.24, 2.45) is 0 Å². The number of rotatable bonds is 13. The van der Waals surface area contributed by atoms with E-state index in [-0.39, 0.29) is 23.5 Å². The fourth-order valence-electron chi connectivity index (χ4n) is 16.0. The molecule has 0 amide bonds. The van der Waals surface area contributed by atoms with Crippen LogP contribution in [0.25, 0.3) is 33.4 Å². The SMILES string of the molecule is CC(C)(C)c1ccc(N2C3=C(C=CC(c4ccc([Si](c5ccccc5)(c5ccccc5)c5cccc(-c6ccccc6)c5)cc4)C3)B3c4ccc([Si](c5ccccc5)(c5ccccc5)c5cccc(-c6ccccc6)c5)cc4Oc4cc(C(C)(C)C)cc2c43)c(-c2ccccc2)c1. The first kappa shape index (κ1) is 61.3. The lowest BCUT2D eigenvalue weighted by Crippen LogP contribution is -2.75. The molecule has 0 fully saturated rings. The fourth-order valence-corrected chi connectivity index (χ4v) is 25.6. The Balaban J connectivity index is 0.898. The van der Waals surface area contributed by atoms with E-state index in [4.69, 9.17) is 4.74 Å². The molecule has 0 saturated carbocycles. The van der Waals surface area contributed by atoms with Gasteiger partial charge in [0, 0.05) is 22.9 Å². The summed E-state index contributed by atoms with van der Waals surface area (Å²) in [7, 11) is -6.00. The lowest BCUT2D eigenvalue weighted by molar-refractivity contribution is 0.483. The third kappa shape index (κ3) is 10.8. The molecular weight excluding hydrogens is 1200 g/mol. The van der Waals surface area contributed by atoms with Crippen LogP contribution in [0, 0.1) is 0 Å². The molecule has 16 rings (SSSR count). The minimum Gasteiger partial charge on any atom is -0.458 e. The minimum absolute atomic E-state index is 0.0683. The highest BCUT2D eigenvalue weighted by molar-refractivity contribution is 7.20. The molecule has 3 aliphatic rings. The Hall–Kier alpha value is -10.6. The highest BCUT2D eigenvalue weighted by Crippen LogP contribution is 2.50. The van der Waals surface area contributed by atoms with Gasteiger partial charge in [-0.3, -0.25) is 0 Å². The molecule has 2 aliphatic heterocycles. The van der Waals surface area contributed by atoms with E-state index in [9.17, 15) is 0 Å². The quantitative estimate of drug-likeness (QED) is 0.0843. The molecule has 0 radical (unpaired) electrons. The first-order valence-electron chi connectivity index (χ1n) is 34.4. The summed E-state index contributed by atoms with van der Waals surface area (Å²) in [5, 5.41) is 10.7. The van der Waals surface area contributed by atoms with Crippen molar-refractivity contribution in [1.29, 1.82) is 0 Å². The Morgan fingerprint density at radius 2 is 0.773 bits per heavy atom. The van der Waals surface area contributed by atoms with Crippen molar-refractivity contribution < 1.29 is 4.74 Å². The summed E-state index contributed by atoms with van der Waals surface area (Å²) in [6, 6.07) is 126. The van der Waals surface area contributed by atoms with Crippen LogP contribution < -0.4 is 62.1 Å². The molecule has 0 bridgehead atoms. The minimum atomic E-state index is -3.08. The average Bonchev–Trinajstić information content (AvgIpc) is 0.702. The van der Waals surface area contributed by atoms with Crippen LogP contribution in [0.3, 0.4) is 0 Å². The maximum Gasteiger partial charge on any atom is 0.255 e. The number of hydrogen-bond donors (Lipinski definition) is 0. The molecular formula is C92H78BNOSi2. The van der Waals surface area contributed by atoms with Gasteiger partial charge in [-0.1, -0.05) is 357 Å². The summed E-state index contributed by atoms with van der Waals surface area (Å²) >= 11 is 0. The predicted molar refractivity (Wildman–Crippen MR) is 417 cm³/mol. The van der Waals surface area contributed by atoms with Crippen LogP contribution in [-0.2, 0) is 10.8 Å². The van der Waals surface area contributed by atoms with Gasteiger partial charge < -0.3 is 9.64 Å². The molecule has 2 nitrogen and oxygen atoms in total. The van der Waals surface area contributed by atoms with Gasteiger partial charge in [0.1, 0.15) is 11.5 Å². The Bertz CT molecular complexity index is 5020. The maximum absolute atomic E-state index is 7.75. The highest BCUT2D eigenvalue weighted by atomic mass is 28.3. The zero-order chi connectivity index (χ0) is 65.9. The molecule has 0 spiro atoms. The van der Waals surface area contributed by atoms with Gasteiger partial charge in [-0.15, -0.1) is 0 Å². The maximum atomic E-state index is 7.75. The molecule has 13 aromatic rings. The van der Waals surface area contributed by atoms with Gasteiger partial charge >= 0.3 is 0 Å². The lowest BCUT2D eigenvalue weighted by atomic mass is 9.33. The van der Waals surface area contributed by atoms with Crippen molar-refractivity contribution in [3.8, 4) is 44.9 Å². The Morgan fingerprint density at radius 3 is 1.27 bits per heavy atom. The highest BCUT2D eigenvalue weighted by Gasteiger charge is 2.48. The van der Waals surface area contributed by atoms with Gasteiger partial charge in [-0.2, -0.15) is 0 Å². The number of nitrogens with zero attached hydrogens (tertiary/aromatic N) is 1. The van der Waals surface area contributed by atoms with E-state index in [0.29, 0.717) is 0 Å². The molecule has 1 aliphatic carbocycles. The monoisotopic (exact) mass is 1280 g/mol. The van der Waals surface area contributed by atoms with Crippen LogP contribution in [0.5, 0.6) is 11.5 Å². The van der Waals surface area contributed by atoms with Gasteiger partial charge in [-0.05, 0) is 150 Å². The molecule has 1 unspecified atom stereocenters. The second kappa shape index (κ2) is 24.9. The van der Waals surface area contributed by atoms with E-state index in [1.807, 2.05) is 0 Å². The van der Waals surface area contributed by atoms with E-state index in [2.05, 4.69) is 392 Å². The van der Waals surface area contributed by atoms with Crippen molar-refractivity contribution in [2.75, 3.05) is 4.90 Å². The summed E-state index contributed by atoms with van der Waals surface area (Å²) in [4.78, 5) is 2.67. The molecule has 0 N–H and O–H groups in total. The molecule has 13 aromatic carbocycles. The summed E-state index contributed by atoms with van der Waals surface area (Å²) < 4.78 is 7.75. The largest absolute Gasteiger partial charge is 0.458 e. The zero-order valence-corrected chi connectivity index (χ0v) is 58.1. The predicted octanol–water partition coefficient (Wildman–Crippen LogP) is 16.4. The van der Waals surface area contributed by atoms with Crippen LogP contribution in [0.1, 0.15) is 70.6 Å². The summed E-state index contributed by atoms with van der Waals surface area (Å²) in [5.41, 5.74) is 18.2. The number of anilines is 2. The second-order valence-corrected chi connectivity index (χ2v) is 36.3. The number of ether oxygens (including phenoxy) is 1. The normalized spacial score (nSPS) is 14.3. The Kier molecular flexibility index (Phi) is 15.7. The number of allylic oxidation sites excluding steroid dienone is 4. The van der Waals surface area contributed by atoms with Gasteiger partial charge in [0.05, 0.1) is 5.69 Å². The van der Waals surface area contributed by atoms with Crippen LogP contribution in [0.4, 0.5) is 11.4 Å². The molecule has 97 heavy (non-hydrogen) atoms. The van der Waals surface area contributed by atoms with Gasteiger partial charge in [0.2, 0.25) is 0 Å². The number of hydrogen-bond acceptors (Lipinski definition) is 2. The average molecular weight is 1280 g/mol. The second-order valence-electron chi connectivity index (χ2n) is 28.7. The molecule has 2 heterocycles. The van der Waals surface area contributed by atoms with Crippen molar-refractivity contribution in [1.82, 2.24) is 0 Å².